The van der Waals surface area contributed by atoms with Crippen LogP contribution in [0.25, 0.3) is 110 Å². The van der Waals surface area contributed by atoms with Gasteiger partial charge in [-0.3, -0.25) is 0 Å². The van der Waals surface area contributed by atoms with Crippen molar-refractivity contribution in [1.29, 1.82) is 0 Å². The second-order valence-corrected chi connectivity index (χ2v) is 19.6. The third-order valence-electron chi connectivity index (χ3n) is 16.0. The fraction of sp³-hybridized carbons (Fsp3) is 0. The molecule has 0 radical (unpaired) electrons. The van der Waals surface area contributed by atoms with Crippen molar-refractivity contribution >= 4 is 127 Å². The fourth-order valence-electron chi connectivity index (χ4n) is 13.4. The van der Waals surface area contributed by atoms with Crippen LogP contribution in [-0.4, -0.2) is 25.0 Å². The first-order chi connectivity index (χ1) is 35.8. The molecular weight excluding hydrogens is 874 g/mol. The molecule has 332 valence electrons. The van der Waals surface area contributed by atoms with E-state index in [1.165, 1.54) is 115 Å². The van der Waals surface area contributed by atoms with Crippen LogP contribution in [0, 0.1) is 0 Å². The number of hydrogen-bond donors (Lipinski definition) is 0. The van der Waals surface area contributed by atoms with Crippen molar-refractivity contribution in [2.75, 3.05) is 4.90 Å². The molecule has 11 aromatic carbocycles. The first kappa shape index (κ1) is 38.3. The van der Waals surface area contributed by atoms with Gasteiger partial charge >= 0.3 is 0 Å². The van der Waals surface area contributed by atoms with Gasteiger partial charge in [-0.15, -0.1) is 0 Å². The van der Waals surface area contributed by atoms with Gasteiger partial charge in [0, 0.05) is 77.2 Å². The minimum absolute atomic E-state index is 0.101. The van der Waals surface area contributed by atoms with E-state index in [-0.39, 0.29) is 6.71 Å². The monoisotopic (exact) mass is 913 g/mol. The molecule has 0 fully saturated rings. The highest BCUT2D eigenvalue weighted by molar-refractivity contribution is 7.00. The molecule has 0 aliphatic carbocycles. The summed E-state index contributed by atoms with van der Waals surface area (Å²) < 4.78 is 10.3. The van der Waals surface area contributed by atoms with Crippen LogP contribution >= 0.6 is 0 Å². The zero-order chi connectivity index (χ0) is 46.8. The van der Waals surface area contributed by atoms with Gasteiger partial charge in [0.2, 0.25) is 0 Å². The van der Waals surface area contributed by atoms with Gasteiger partial charge in [0.25, 0.3) is 6.71 Å². The molecule has 6 heteroatoms. The van der Waals surface area contributed by atoms with E-state index in [1.54, 1.807) is 0 Å². The van der Waals surface area contributed by atoms with Crippen LogP contribution in [0.15, 0.2) is 243 Å². The van der Waals surface area contributed by atoms with E-state index in [0.29, 0.717) is 0 Å². The van der Waals surface area contributed by atoms with Crippen molar-refractivity contribution in [3.05, 3.63) is 243 Å². The number of aromatic nitrogens is 4. The van der Waals surface area contributed by atoms with Crippen LogP contribution in [0.5, 0.6) is 0 Å². The van der Waals surface area contributed by atoms with Crippen molar-refractivity contribution in [2.45, 2.75) is 0 Å². The zero-order valence-electron chi connectivity index (χ0n) is 38.9. The first-order valence-electron chi connectivity index (χ1n) is 25.0. The topological polar surface area (TPSA) is 23.0 Å². The van der Waals surface area contributed by atoms with E-state index in [1.807, 2.05) is 0 Å². The van der Waals surface area contributed by atoms with Gasteiger partial charge in [0.1, 0.15) is 0 Å². The summed E-state index contributed by atoms with van der Waals surface area (Å²) in [6.45, 7) is -0.101. The number of anilines is 3. The third-order valence-corrected chi connectivity index (χ3v) is 16.0. The summed E-state index contributed by atoms with van der Waals surface area (Å²) in [4.78, 5) is 2.44. The van der Waals surface area contributed by atoms with E-state index in [0.717, 1.165) is 28.4 Å². The third kappa shape index (κ3) is 4.83. The molecule has 5 nitrogen and oxygen atoms in total. The lowest BCUT2D eigenvalue weighted by Gasteiger charge is -2.36. The highest BCUT2D eigenvalue weighted by Crippen LogP contribution is 2.48. The quantitative estimate of drug-likeness (QED) is 0.158. The van der Waals surface area contributed by atoms with E-state index in [4.69, 9.17) is 0 Å². The molecule has 0 saturated carbocycles. The summed E-state index contributed by atoms with van der Waals surface area (Å²) in [7, 11) is 0. The van der Waals surface area contributed by atoms with Crippen LogP contribution in [-0.2, 0) is 0 Å². The molecule has 15 aromatic rings. The molecular formula is C66H40BN5. The van der Waals surface area contributed by atoms with Gasteiger partial charge in [-0.25, -0.2) is 0 Å². The normalized spacial score (nSPS) is 12.7. The lowest BCUT2D eigenvalue weighted by atomic mass is 9.34. The molecule has 0 spiro atoms. The number of fused-ring (bicyclic) bond motifs is 18. The Morgan fingerprint density at radius 1 is 0.278 bits per heavy atom. The second kappa shape index (κ2) is 14.1. The van der Waals surface area contributed by atoms with Gasteiger partial charge in [0.05, 0.1) is 49.8 Å². The minimum atomic E-state index is -0.101. The maximum atomic E-state index is 2.63. The largest absolute Gasteiger partial charge is 0.310 e. The van der Waals surface area contributed by atoms with Crippen LogP contribution < -0.4 is 21.3 Å². The predicted molar refractivity (Wildman–Crippen MR) is 303 cm³/mol. The van der Waals surface area contributed by atoms with Crippen LogP contribution in [0.3, 0.4) is 0 Å². The molecule has 0 saturated heterocycles. The SMILES string of the molecule is c1ccc(N(c2ccccc2)c2cc3c4c(c2)-n2c5ccccc5c5c2c(cc2c6ccccc6n(-c6ccccc6)c25)B4c2cc4c5ccccc5n(-c5ccccc5)c4c4c5ccccc5n-3c24)cc1. The maximum absolute atomic E-state index is 2.63. The zero-order valence-corrected chi connectivity index (χ0v) is 38.9. The van der Waals surface area contributed by atoms with Crippen LogP contribution in [0.4, 0.5) is 17.1 Å². The molecule has 2 aliphatic rings. The molecule has 0 N–H and O–H groups in total. The Kier molecular flexibility index (Phi) is 7.49. The van der Waals surface area contributed by atoms with E-state index in [9.17, 15) is 0 Å². The average Bonchev–Trinajstić information content (AvgIpc) is 4.18. The highest BCUT2D eigenvalue weighted by atomic mass is 15.2. The van der Waals surface area contributed by atoms with Gasteiger partial charge in [-0.05, 0) is 101 Å². The van der Waals surface area contributed by atoms with Crippen molar-refractivity contribution < 1.29 is 0 Å². The van der Waals surface area contributed by atoms with E-state index >= 15 is 0 Å². The Bertz CT molecular complexity index is 4490. The molecule has 0 unspecified atom stereocenters. The number of nitrogens with zero attached hydrogens (tertiary/aromatic N) is 5. The predicted octanol–water partition coefficient (Wildman–Crippen LogP) is 14.7. The molecule has 2 aliphatic heterocycles. The van der Waals surface area contributed by atoms with Crippen LogP contribution in [0.2, 0.25) is 0 Å². The van der Waals surface area contributed by atoms with Crippen molar-refractivity contribution in [2.24, 2.45) is 0 Å². The molecule has 6 heterocycles. The lowest BCUT2D eigenvalue weighted by molar-refractivity contribution is 1.13. The number of rotatable bonds is 5. The Morgan fingerprint density at radius 2 is 0.625 bits per heavy atom. The van der Waals surface area contributed by atoms with Gasteiger partial charge in [0.15, 0.2) is 0 Å². The first-order valence-corrected chi connectivity index (χ1v) is 25.0. The summed E-state index contributed by atoms with van der Waals surface area (Å²) >= 11 is 0. The number of para-hydroxylation sites is 8. The van der Waals surface area contributed by atoms with Gasteiger partial charge in [-0.2, -0.15) is 0 Å². The highest BCUT2D eigenvalue weighted by Gasteiger charge is 2.43. The van der Waals surface area contributed by atoms with Gasteiger partial charge in [-0.1, -0.05) is 158 Å². The Morgan fingerprint density at radius 3 is 1.04 bits per heavy atom. The summed E-state index contributed by atoms with van der Waals surface area (Å²) in [5.41, 5.74) is 21.8. The molecule has 0 amide bonds. The molecule has 4 aromatic heterocycles. The summed E-state index contributed by atoms with van der Waals surface area (Å²) in [6, 6.07) is 90.1. The van der Waals surface area contributed by atoms with Gasteiger partial charge < -0.3 is 23.2 Å². The smallest absolute Gasteiger partial charge is 0.252 e. The van der Waals surface area contributed by atoms with Crippen LogP contribution in [0.1, 0.15) is 0 Å². The fourth-order valence-corrected chi connectivity index (χ4v) is 13.4. The molecule has 72 heavy (non-hydrogen) atoms. The summed E-state index contributed by atoms with van der Waals surface area (Å²) in [5.74, 6) is 0. The minimum Gasteiger partial charge on any atom is -0.310 e. The second-order valence-electron chi connectivity index (χ2n) is 19.6. The van der Waals surface area contributed by atoms with E-state index < -0.39 is 0 Å². The number of hydrogen-bond acceptors (Lipinski definition) is 1. The standard InChI is InChI=1S/C66H40BN5/c1-5-21-41(22-6-1)68(42-23-7-2-8-24-42)45-37-58-62-59(38-45)72-57-36-20-16-32-49(57)61-64-51(47-30-14-18-34-55(47)70(64)44-27-11-4-12-28-44)40-53(66(61)72)67(62)52-39-50-46-29-13-17-33-54(46)69(43-25-9-3-10-26-43)63(50)60-48-31-15-19-35-56(48)71(58)65(52)60/h1-40H. The average molecular weight is 914 g/mol. The summed E-state index contributed by atoms with van der Waals surface area (Å²) in [5, 5.41) is 10.1. The van der Waals surface area contributed by atoms with Crippen molar-refractivity contribution in [3.63, 3.8) is 0 Å². The Balaban J connectivity index is 1.12. The Labute approximate surface area is 413 Å². The molecule has 0 atom stereocenters. The molecule has 0 bridgehead atoms. The molecule has 17 rings (SSSR count). The number of benzene rings is 11. The van der Waals surface area contributed by atoms with E-state index in [2.05, 4.69) is 266 Å². The van der Waals surface area contributed by atoms with Crippen molar-refractivity contribution in [3.8, 4) is 22.7 Å². The Hall–Kier alpha value is -9.52. The van der Waals surface area contributed by atoms with Crippen molar-refractivity contribution in [1.82, 2.24) is 18.3 Å². The summed E-state index contributed by atoms with van der Waals surface area (Å²) in [6.07, 6.45) is 0. The lowest BCUT2D eigenvalue weighted by Crippen LogP contribution is -2.59. The maximum Gasteiger partial charge on any atom is 0.252 e.